The lowest BCUT2D eigenvalue weighted by atomic mass is 9.63. The lowest BCUT2D eigenvalue weighted by molar-refractivity contribution is -0.163. The van der Waals surface area contributed by atoms with Gasteiger partial charge >= 0.3 is 11.9 Å². The van der Waals surface area contributed by atoms with Crippen LogP contribution in [-0.2, 0) is 4.79 Å². The Morgan fingerprint density at radius 2 is 1.84 bits per heavy atom. The van der Waals surface area contributed by atoms with Crippen molar-refractivity contribution in [3.8, 4) is 17.5 Å². The minimum Gasteiger partial charge on any atom is -0.477 e. The number of nitriles is 1. The van der Waals surface area contributed by atoms with E-state index in [1.807, 2.05) is 11.4 Å². The van der Waals surface area contributed by atoms with E-state index in [0.29, 0.717) is 66.7 Å². The van der Waals surface area contributed by atoms with Crippen molar-refractivity contribution in [1.82, 2.24) is 19.9 Å². The number of hydrogen-bond acceptors (Lipinski definition) is 7. The number of nitrogens with one attached hydrogen (secondary N) is 2. The van der Waals surface area contributed by atoms with Gasteiger partial charge in [-0.2, -0.15) is 19.1 Å². The molecular formula is C25H24F2N6O4. The summed E-state index contributed by atoms with van der Waals surface area (Å²) in [4.78, 5) is 28.0. The van der Waals surface area contributed by atoms with E-state index in [2.05, 4.69) is 15.4 Å². The van der Waals surface area contributed by atoms with Gasteiger partial charge in [-0.1, -0.05) is 0 Å². The van der Waals surface area contributed by atoms with Gasteiger partial charge in [-0.15, -0.1) is 0 Å². The molecule has 3 fully saturated rings. The summed E-state index contributed by atoms with van der Waals surface area (Å²) in [7, 11) is 0. The number of aliphatic hydroxyl groups is 1. The molecule has 3 aromatic heterocycles. The second-order valence-electron chi connectivity index (χ2n) is 9.85. The van der Waals surface area contributed by atoms with E-state index >= 15 is 0 Å². The number of pyridine rings is 1. The summed E-state index contributed by atoms with van der Waals surface area (Å²) in [5, 5.41) is 38.1. The first-order valence-electron chi connectivity index (χ1n) is 11.8. The molecule has 37 heavy (non-hydrogen) atoms. The van der Waals surface area contributed by atoms with E-state index in [1.165, 1.54) is 12.4 Å². The van der Waals surface area contributed by atoms with Crippen LogP contribution < -0.4 is 10.6 Å². The maximum atomic E-state index is 13.6. The number of halogens is 2. The van der Waals surface area contributed by atoms with E-state index in [1.54, 1.807) is 28.8 Å². The Morgan fingerprint density at radius 3 is 2.49 bits per heavy atom. The number of aliphatic carboxylic acids is 1. The second kappa shape index (κ2) is 8.77. The molecule has 3 aliphatic carbocycles. The van der Waals surface area contributed by atoms with E-state index in [4.69, 9.17) is 10.4 Å². The highest BCUT2D eigenvalue weighted by molar-refractivity contribution is 6.00. The molecule has 0 atom stereocenters. The van der Waals surface area contributed by atoms with Crippen molar-refractivity contribution in [2.75, 3.05) is 11.9 Å². The number of carbonyl (C=O) groups is 2. The van der Waals surface area contributed by atoms with Gasteiger partial charge in [0, 0.05) is 11.7 Å². The lowest BCUT2D eigenvalue weighted by Gasteiger charge is -2.51. The zero-order chi connectivity index (χ0) is 26.4. The van der Waals surface area contributed by atoms with E-state index in [0.717, 1.165) is 0 Å². The van der Waals surface area contributed by atoms with Gasteiger partial charge in [-0.3, -0.25) is 9.78 Å². The molecule has 4 N–H and O–H groups in total. The Morgan fingerprint density at radius 1 is 1.14 bits per heavy atom. The van der Waals surface area contributed by atoms with Crippen molar-refractivity contribution in [2.45, 2.75) is 55.6 Å². The number of aromatic nitrogens is 3. The van der Waals surface area contributed by atoms with Crippen molar-refractivity contribution in [1.29, 1.82) is 5.26 Å². The summed E-state index contributed by atoms with van der Waals surface area (Å²) < 4.78 is 28.8. The molecule has 12 heteroatoms. The highest BCUT2D eigenvalue weighted by Crippen LogP contribution is 2.48. The fourth-order valence-electron chi connectivity index (χ4n) is 5.14. The first kappa shape index (κ1) is 24.6. The fourth-order valence-corrected chi connectivity index (χ4v) is 5.14. The highest BCUT2D eigenvalue weighted by Gasteiger charge is 2.48. The molecule has 0 aromatic carbocycles. The Hall–Kier alpha value is -4.11. The van der Waals surface area contributed by atoms with Crippen molar-refractivity contribution < 1.29 is 28.6 Å². The van der Waals surface area contributed by atoms with Gasteiger partial charge in [0.25, 0.3) is 5.91 Å². The third-order valence-electron chi connectivity index (χ3n) is 7.43. The number of rotatable bonds is 7. The zero-order valence-electron chi connectivity index (χ0n) is 19.7. The Labute approximate surface area is 209 Å². The molecule has 3 saturated carbocycles. The van der Waals surface area contributed by atoms with Gasteiger partial charge in [-0.25, -0.2) is 9.31 Å². The molecule has 3 heterocycles. The number of anilines is 1. The largest absolute Gasteiger partial charge is 0.477 e. The van der Waals surface area contributed by atoms with Gasteiger partial charge in [-0.05, 0) is 62.8 Å². The predicted molar refractivity (Wildman–Crippen MR) is 127 cm³/mol. The summed E-state index contributed by atoms with van der Waals surface area (Å²) in [5.41, 5.74) is 1.39. The van der Waals surface area contributed by atoms with Crippen LogP contribution in [0.5, 0.6) is 0 Å². The molecular weight excluding hydrogens is 486 g/mol. The molecule has 0 spiro atoms. The third-order valence-corrected chi connectivity index (χ3v) is 7.43. The molecule has 3 aromatic rings. The second-order valence-corrected chi connectivity index (χ2v) is 9.85. The lowest BCUT2D eigenvalue weighted by Crippen LogP contribution is -2.54. The molecule has 10 nitrogen and oxygen atoms in total. The monoisotopic (exact) mass is 510 g/mol. The number of hydrogen-bond donors (Lipinski definition) is 4. The van der Waals surface area contributed by atoms with Gasteiger partial charge in [0.15, 0.2) is 0 Å². The summed E-state index contributed by atoms with van der Waals surface area (Å²) in [6.07, 6.45) is 6.53. The van der Waals surface area contributed by atoms with Crippen LogP contribution in [0.2, 0.25) is 0 Å². The molecule has 192 valence electrons. The minimum atomic E-state index is -4.12. The number of amides is 1. The highest BCUT2D eigenvalue weighted by atomic mass is 19.3. The number of carboxylic acids is 1. The molecule has 0 unspecified atom stereocenters. The van der Waals surface area contributed by atoms with Gasteiger partial charge < -0.3 is 20.8 Å². The summed E-state index contributed by atoms with van der Waals surface area (Å²) >= 11 is 0. The molecule has 3 aliphatic rings. The summed E-state index contributed by atoms with van der Waals surface area (Å²) in [6.45, 7) is -1.37. The average Bonchev–Trinajstić information content (AvgIpc) is 3.31. The standard InChI is InChI=1S/C25H24F2N6O4/c26-25(27,22(35)36)14-30-21(34)17-13-29-19(20-2-1-16-9-15(11-28)12-31-33(16)20)10-18(17)32-23-3-6-24(37,7-4-23)8-5-23/h1-2,9-10,12-13,37H,3-8,14H2,(H,29,32)(H,30,34)(H,35,36). The topological polar surface area (TPSA) is 153 Å². The summed E-state index contributed by atoms with van der Waals surface area (Å²) in [5.74, 6) is -7.34. The molecule has 6 rings (SSSR count). The molecule has 0 saturated heterocycles. The Balaban J connectivity index is 1.51. The van der Waals surface area contributed by atoms with Gasteiger partial charge in [0.1, 0.15) is 6.07 Å². The van der Waals surface area contributed by atoms with Gasteiger partial charge in [0.2, 0.25) is 0 Å². The third kappa shape index (κ3) is 4.58. The average molecular weight is 511 g/mol. The normalized spacial score (nSPS) is 23.0. The van der Waals surface area contributed by atoms with E-state index in [9.17, 15) is 23.5 Å². The van der Waals surface area contributed by atoms with Crippen molar-refractivity contribution in [3.05, 3.63) is 47.8 Å². The van der Waals surface area contributed by atoms with E-state index in [-0.39, 0.29) is 11.1 Å². The fraction of sp³-hybridized carbons (Fsp3) is 0.400. The zero-order valence-corrected chi connectivity index (χ0v) is 19.7. The quantitative estimate of drug-likeness (QED) is 0.379. The van der Waals surface area contributed by atoms with Crippen LogP contribution in [0.15, 0.2) is 36.7 Å². The number of alkyl halides is 2. The van der Waals surface area contributed by atoms with Crippen LogP contribution in [0.25, 0.3) is 16.9 Å². The van der Waals surface area contributed by atoms with Crippen LogP contribution in [0, 0.1) is 11.3 Å². The van der Waals surface area contributed by atoms with Crippen LogP contribution in [0.3, 0.4) is 0 Å². The van der Waals surface area contributed by atoms with E-state index < -0.39 is 29.9 Å². The Kier molecular flexibility index (Phi) is 5.83. The molecule has 0 aliphatic heterocycles. The van der Waals surface area contributed by atoms with Gasteiger partial charge in [0.05, 0.1) is 52.1 Å². The molecule has 1 amide bonds. The number of nitrogens with zero attached hydrogens (tertiary/aromatic N) is 4. The smallest absolute Gasteiger partial charge is 0.376 e. The van der Waals surface area contributed by atoms with Crippen LogP contribution in [0.4, 0.5) is 14.5 Å². The molecule has 0 radical (unpaired) electrons. The van der Waals surface area contributed by atoms with Crippen LogP contribution >= 0.6 is 0 Å². The van der Waals surface area contributed by atoms with Crippen LogP contribution in [0.1, 0.15) is 54.4 Å². The molecule has 2 bridgehead atoms. The number of carbonyl (C=O) groups excluding carboxylic acids is 1. The first-order chi connectivity index (χ1) is 17.5. The Bertz CT molecular complexity index is 1420. The minimum absolute atomic E-state index is 0.00805. The summed E-state index contributed by atoms with van der Waals surface area (Å²) in [6, 6.07) is 8.88. The van der Waals surface area contributed by atoms with Crippen molar-refractivity contribution in [2.24, 2.45) is 0 Å². The first-order valence-corrected chi connectivity index (χ1v) is 11.8. The van der Waals surface area contributed by atoms with Crippen molar-refractivity contribution >= 4 is 23.1 Å². The number of fused-ring (bicyclic) bond motifs is 4. The maximum Gasteiger partial charge on any atom is 0.376 e. The SMILES string of the molecule is N#Cc1cnn2c(-c3cc(NC45CCC(O)(CC4)CC5)c(C(=O)NCC(F)(F)C(=O)O)cn3)ccc2c1. The number of carboxylic acid groups (broad SMARTS) is 1. The van der Waals surface area contributed by atoms with Crippen molar-refractivity contribution in [3.63, 3.8) is 0 Å². The predicted octanol–water partition coefficient (Wildman–Crippen LogP) is 2.97. The van der Waals surface area contributed by atoms with Crippen LogP contribution in [-0.4, -0.2) is 60.3 Å². The maximum absolute atomic E-state index is 13.6.